The van der Waals surface area contributed by atoms with Crippen LogP contribution in [-0.2, 0) is 0 Å². The van der Waals surface area contributed by atoms with E-state index in [-0.39, 0.29) is 0 Å². The van der Waals surface area contributed by atoms with Gasteiger partial charge in [0.15, 0.2) is 29.1 Å². The number of hydrogen-bond donors (Lipinski definition) is 0. The minimum Gasteiger partial charge on any atom is -0.456 e. The quantitative estimate of drug-likeness (QED) is 0.166. The summed E-state index contributed by atoms with van der Waals surface area (Å²) in [4.78, 5) is 29.7. The molecular formula is C50H32N6O2. The molecule has 0 saturated heterocycles. The van der Waals surface area contributed by atoms with Gasteiger partial charge in [-0.15, -0.1) is 0 Å². The van der Waals surface area contributed by atoms with Crippen molar-refractivity contribution in [3.05, 3.63) is 169 Å². The van der Waals surface area contributed by atoms with Crippen molar-refractivity contribution in [1.29, 1.82) is 0 Å². The summed E-state index contributed by atoms with van der Waals surface area (Å²) in [6, 6.07) is 52.9. The normalized spacial score (nSPS) is 11.6. The monoisotopic (exact) mass is 748 g/mol. The second-order valence-corrected chi connectivity index (χ2v) is 14.4. The van der Waals surface area contributed by atoms with Crippen LogP contribution in [0.1, 0.15) is 11.4 Å². The predicted molar refractivity (Wildman–Crippen MR) is 230 cm³/mol. The summed E-state index contributed by atoms with van der Waals surface area (Å²) in [5, 5.41) is 4.10. The first-order valence-corrected chi connectivity index (χ1v) is 19.1. The summed E-state index contributed by atoms with van der Waals surface area (Å²) in [5.74, 6) is 3.56. The molecule has 274 valence electrons. The third-order valence-corrected chi connectivity index (χ3v) is 10.6. The Morgan fingerprint density at radius 3 is 1.72 bits per heavy atom. The predicted octanol–water partition coefficient (Wildman–Crippen LogP) is 12.5. The fraction of sp³-hybridized carbons (Fsp3) is 0.0400. The van der Waals surface area contributed by atoms with Crippen molar-refractivity contribution >= 4 is 43.9 Å². The van der Waals surface area contributed by atoms with Crippen molar-refractivity contribution in [2.75, 3.05) is 0 Å². The van der Waals surface area contributed by atoms with Gasteiger partial charge in [0.25, 0.3) is 0 Å². The maximum absolute atomic E-state index is 6.40. The highest BCUT2D eigenvalue weighted by molar-refractivity contribution is 6.12. The summed E-state index contributed by atoms with van der Waals surface area (Å²) in [7, 11) is 0. The van der Waals surface area contributed by atoms with Gasteiger partial charge < -0.3 is 8.83 Å². The number of nitrogens with zero attached hydrogens (tertiary/aromatic N) is 6. The lowest BCUT2D eigenvalue weighted by atomic mass is 9.96. The number of furan rings is 2. The molecule has 0 spiro atoms. The molecule has 11 rings (SSSR count). The van der Waals surface area contributed by atoms with Gasteiger partial charge in [-0.2, -0.15) is 0 Å². The van der Waals surface area contributed by atoms with Gasteiger partial charge in [0.1, 0.15) is 28.2 Å². The van der Waals surface area contributed by atoms with Gasteiger partial charge in [-0.3, -0.25) is 0 Å². The molecule has 0 aliphatic carbocycles. The highest BCUT2D eigenvalue weighted by Gasteiger charge is 2.19. The Balaban J connectivity index is 0.982. The molecule has 58 heavy (non-hydrogen) atoms. The van der Waals surface area contributed by atoms with Gasteiger partial charge in [-0.25, -0.2) is 29.9 Å². The van der Waals surface area contributed by atoms with E-state index in [1.807, 2.05) is 116 Å². The molecule has 11 aromatic rings. The summed E-state index contributed by atoms with van der Waals surface area (Å²) >= 11 is 0. The van der Waals surface area contributed by atoms with Crippen LogP contribution < -0.4 is 0 Å². The molecule has 8 nitrogen and oxygen atoms in total. The smallest absolute Gasteiger partial charge is 0.167 e. The second-order valence-electron chi connectivity index (χ2n) is 14.4. The van der Waals surface area contributed by atoms with Gasteiger partial charge in [0.2, 0.25) is 0 Å². The highest BCUT2D eigenvalue weighted by Crippen LogP contribution is 2.38. The molecule has 0 bridgehead atoms. The van der Waals surface area contributed by atoms with Gasteiger partial charge in [-0.05, 0) is 66.9 Å². The van der Waals surface area contributed by atoms with Crippen molar-refractivity contribution in [3.8, 4) is 68.1 Å². The zero-order valence-electron chi connectivity index (χ0n) is 31.5. The minimum absolute atomic E-state index is 0.548. The van der Waals surface area contributed by atoms with Crippen LogP contribution in [0.5, 0.6) is 0 Å². The first-order valence-electron chi connectivity index (χ1n) is 19.1. The van der Waals surface area contributed by atoms with Crippen LogP contribution in [0.4, 0.5) is 0 Å². The summed E-state index contributed by atoms with van der Waals surface area (Å²) < 4.78 is 12.6. The lowest BCUT2D eigenvalue weighted by Gasteiger charge is -2.12. The maximum atomic E-state index is 6.40. The molecule has 0 saturated carbocycles. The molecule has 0 amide bonds. The van der Waals surface area contributed by atoms with Crippen molar-refractivity contribution in [1.82, 2.24) is 29.9 Å². The molecule has 0 aliphatic rings. The largest absolute Gasteiger partial charge is 0.456 e. The molecule has 4 aromatic heterocycles. The third-order valence-electron chi connectivity index (χ3n) is 10.6. The van der Waals surface area contributed by atoms with Gasteiger partial charge >= 0.3 is 0 Å². The first-order chi connectivity index (χ1) is 28.5. The van der Waals surface area contributed by atoms with E-state index in [4.69, 9.17) is 38.7 Å². The van der Waals surface area contributed by atoms with E-state index in [2.05, 4.69) is 55.5 Å². The molecule has 0 unspecified atom stereocenters. The number of benzene rings is 7. The van der Waals surface area contributed by atoms with Crippen LogP contribution in [0.3, 0.4) is 0 Å². The Morgan fingerprint density at radius 1 is 0.345 bits per heavy atom. The van der Waals surface area contributed by atoms with Gasteiger partial charge in [0.05, 0.1) is 5.56 Å². The minimum atomic E-state index is 0.548. The molecule has 0 N–H and O–H groups in total. The second kappa shape index (κ2) is 13.4. The lowest BCUT2D eigenvalue weighted by Crippen LogP contribution is -2.01. The van der Waals surface area contributed by atoms with Crippen molar-refractivity contribution < 1.29 is 8.83 Å². The number of para-hydroxylation sites is 3. The topological polar surface area (TPSA) is 104 Å². The average molecular weight is 749 g/mol. The van der Waals surface area contributed by atoms with Crippen LogP contribution >= 0.6 is 0 Å². The molecule has 8 heteroatoms. The van der Waals surface area contributed by atoms with E-state index in [0.29, 0.717) is 34.9 Å². The summed E-state index contributed by atoms with van der Waals surface area (Å²) in [6.45, 7) is 4.02. The van der Waals surface area contributed by atoms with Crippen molar-refractivity contribution in [3.63, 3.8) is 0 Å². The SMILES string of the molecule is Cc1nc(-c2cccc(-c3ccc(-c4nc(-c5ccccc5)nc(-c5cccc6c5oc5ccccc56)n4)cc3C)c2)nc(-c2cccc3oc4ccccc4c23)n1. The molecular weight excluding hydrogens is 717 g/mol. The van der Waals surface area contributed by atoms with Gasteiger partial charge in [0, 0.05) is 43.8 Å². The van der Waals surface area contributed by atoms with Crippen LogP contribution in [0.15, 0.2) is 167 Å². The van der Waals surface area contributed by atoms with E-state index in [1.165, 1.54) is 0 Å². The lowest BCUT2D eigenvalue weighted by molar-refractivity contribution is 0.669. The molecule has 0 aliphatic heterocycles. The van der Waals surface area contributed by atoms with E-state index in [0.717, 1.165) is 88.4 Å². The Hall–Kier alpha value is -7.84. The van der Waals surface area contributed by atoms with E-state index >= 15 is 0 Å². The van der Waals surface area contributed by atoms with Crippen molar-refractivity contribution in [2.24, 2.45) is 0 Å². The van der Waals surface area contributed by atoms with Crippen LogP contribution in [0.2, 0.25) is 0 Å². The molecule has 0 atom stereocenters. The van der Waals surface area contributed by atoms with Crippen LogP contribution in [0, 0.1) is 13.8 Å². The Labute approximate surface area is 332 Å². The summed E-state index contributed by atoms with van der Waals surface area (Å²) in [5.41, 5.74) is 10.8. The van der Waals surface area contributed by atoms with Crippen molar-refractivity contribution in [2.45, 2.75) is 13.8 Å². The highest BCUT2D eigenvalue weighted by atomic mass is 16.3. The fourth-order valence-electron chi connectivity index (χ4n) is 7.91. The molecule has 0 radical (unpaired) electrons. The van der Waals surface area contributed by atoms with Crippen LogP contribution in [-0.4, -0.2) is 29.9 Å². The maximum Gasteiger partial charge on any atom is 0.167 e. The third kappa shape index (κ3) is 5.69. The summed E-state index contributed by atoms with van der Waals surface area (Å²) in [6.07, 6.45) is 0. The van der Waals surface area contributed by atoms with E-state index in [9.17, 15) is 0 Å². The number of rotatable bonds is 6. The van der Waals surface area contributed by atoms with E-state index < -0.39 is 0 Å². The number of aromatic nitrogens is 6. The van der Waals surface area contributed by atoms with Gasteiger partial charge in [-0.1, -0.05) is 121 Å². The average Bonchev–Trinajstić information content (AvgIpc) is 3.85. The Kier molecular flexibility index (Phi) is 7.75. The Morgan fingerprint density at radius 2 is 0.897 bits per heavy atom. The zero-order chi connectivity index (χ0) is 38.7. The molecule has 7 aromatic carbocycles. The Bertz CT molecular complexity index is 3390. The number of fused-ring (bicyclic) bond motifs is 6. The number of hydrogen-bond acceptors (Lipinski definition) is 8. The molecule has 0 fully saturated rings. The molecule has 4 heterocycles. The van der Waals surface area contributed by atoms with Crippen LogP contribution in [0.25, 0.3) is 112 Å². The first kappa shape index (κ1) is 33.5. The van der Waals surface area contributed by atoms with E-state index in [1.54, 1.807) is 0 Å². The fourth-order valence-corrected chi connectivity index (χ4v) is 7.91. The standard InChI is InChI=1S/C50H32N6O2/c1-29-27-34(48-53-46(31-13-4-3-5-14-31)54-50(56-48)40-21-11-19-37-36-17-6-8-22-41(36)58-45(37)40)25-26-35(29)32-15-10-16-33(28-32)47-51-30(2)52-49(55-47)39-20-12-24-43-44(39)38-18-7-9-23-42(38)57-43/h3-28H,1-2H3. The number of aryl methyl sites for hydroxylation is 2. The zero-order valence-corrected chi connectivity index (χ0v) is 31.5.